The molecule has 1 saturated heterocycles. The summed E-state index contributed by atoms with van der Waals surface area (Å²) in [5, 5.41) is 13.4. The van der Waals surface area contributed by atoms with Crippen molar-refractivity contribution in [3.05, 3.63) is 17.0 Å². The van der Waals surface area contributed by atoms with Gasteiger partial charge < -0.3 is 9.84 Å². The third kappa shape index (κ3) is 2.49. The lowest BCUT2D eigenvalue weighted by atomic mass is 10.1. The first-order valence-electron chi connectivity index (χ1n) is 5.98. The Morgan fingerprint density at radius 1 is 1.53 bits per heavy atom. The van der Waals surface area contributed by atoms with E-state index in [0.29, 0.717) is 23.5 Å². The Morgan fingerprint density at radius 3 is 2.82 bits per heavy atom. The Morgan fingerprint density at radius 2 is 2.29 bits per heavy atom. The maximum absolute atomic E-state index is 11.1. The summed E-state index contributed by atoms with van der Waals surface area (Å²) in [6.07, 6.45) is 3.49. The molecule has 1 atom stereocenters. The third-order valence-corrected chi connectivity index (χ3v) is 3.25. The molecule has 0 aliphatic carbocycles. The van der Waals surface area contributed by atoms with Gasteiger partial charge in [0, 0.05) is 6.61 Å². The van der Waals surface area contributed by atoms with Gasteiger partial charge in [-0.2, -0.15) is 5.10 Å². The number of hydrogen-bond donors (Lipinski definition) is 1. The van der Waals surface area contributed by atoms with Gasteiger partial charge in [0.2, 0.25) is 0 Å². The zero-order valence-corrected chi connectivity index (χ0v) is 10.3. The fraction of sp³-hybridized carbons (Fsp3) is 0.667. The Labute approximate surface area is 100 Å². The molecule has 0 aromatic carbocycles. The van der Waals surface area contributed by atoms with Gasteiger partial charge in [-0.05, 0) is 33.1 Å². The number of aromatic carboxylic acids is 1. The van der Waals surface area contributed by atoms with Crippen LogP contribution < -0.4 is 0 Å². The lowest BCUT2D eigenvalue weighted by Gasteiger charge is -2.22. The number of aryl methyl sites for hydroxylation is 1. The van der Waals surface area contributed by atoms with Gasteiger partial charge in [-0.3, -0.25) is 4.68 Å². The summed E-state index contributed by atoms with van der Waals surface area (Å²) in [4.78, 5) is 11.1. The normalized spacial score (nSPS) is 20.5. The van der Waals surface area contributed by atoms with Gasteiger partial charge in [0.1, 0.15) is 5.56 Å². The van der Waals surface area contributed by atoms with Crippen LogP contribution in [0.5, 0.6) is 0 Å². The molecule has 0 radical (unpaired) electrons. The van der Waals surface area contributed by atoms with Crippen molar-refractivity contribution in [1.29, 1.82) is 0 Å². The van der Waals surface area contributed by atoms with Gasteiger partial charge in [-0.1, -0.05) is 0 Å². The van der Waals surface area contributed by atoms with Gasteiger partial charge in [-0.15, -0.1) is 0 Å². The average Bonchev–Trinajstić information content (AvgIpc) is 2.55. The Hall–Kier alpha value is -1.36. The molecule has 94 valence electrons. The summed E-state index contributed by atoms with van der Waals surface area (Å²) < 4.78 is 7.40. The molecule has 0 saturated carbocycles. The first kappa shape index (κ1) is 12.1. The van der Waals surface area contributed by atoms with Crippen molar-refractivity contribution < 1.29 is 14.6 Å². The standard InChI is InChI=1S/C12H18N2O3/c1-8-11(12(15)16)9(2)14(13-8)7-10-5-3-4-6-17-10/h10H,3-7H2,1-2H3,(H,15,16). The lowest BCUT2D eigenvalue weighted by molar-refractivity contribution is 0.00358. The molecule has 1 aliphatic rings. The van der Waals surface area contributed by atoms with Crippen LogP contribution in [0.2, 0.25) is 0 Å². The highest BCUT2D eigenvalue weighted by molar-refractivity contribution is 5.90. The first-order chi connectivity index (χ1) is 8.09. The van der Waals surface area contributed by atoms with Gasteiger partial charge in [0.05, 0.1) is 24.0 Å². The Bertz CT molecular complexity index is 420. The molecule has 1 aromatic rings. The molecule has 1 fully saturated rings. The fourth-order valence-electron chi connectivity index (χ4n) is 2.33. The van der Waals surface area contributed by atoms with Crippen LogP contribution in [0.1, 0.15) is 41.0 Å². The van der Waals surface area contributed by atoms with E-state index < -0.39 is 5.97 Å². The highest BCUT2D eigenvalue weighted by Gasteiger charge is 2.21. The van der Waals surface area contributed by atoms with Crippen LogP contribution >= 0.6 is 0 Å². The first-order valence-corrected chi connectivity index (χ1v) is 5.98. The second-order valence-corrected chi connectivity index (χ2v) is 4.52. The summed E-state index contributed by atoms with van der Waals surface area (Å²) in [5.74, 6) is -0.907. The smallest absolute Gasteiger partial charge is 0.339 e. The molecule has 5 nitrogen and oxygen atoms in total. The molecule has 2 heterocycles. The monoisotopic (exact) mass is 238 g/mol. The summed E-state index contributed by atoms with van der Waals surface area (Å²) >= 11 is 0. The van der Waals surface area contributed by atoms with Crippen LogP contribution in [0.25, 0.3) is 0 Å². The van der Waals surface area contributed by atoms with Crippen molar-refractivity contribution in [3.63, 3.8) is 0 Å². The number of aromatic nitrogens is 2. The molecule has 0 spiro atoms. The van der Waals surface area contributed by atoms with Crippen LogP contribution in [0.15, 0.2) is 0 Å². The second kappa shape index (κ2) is 4.87. The quantitative estimate of drug-likeness (QED) is 0.871. The summed E-state index contributed by atoms with van der Waals surface area (Å²) in [6.45, 7) is 4.98. The zero-order valence-electron chi connectivity index (χ0n) is 10.3. The van der Waals surface area contributed by atoms with E-state index >= 15 is 0 Å². The predicted octanol–water partition coefficient (Wildman–Crippen LogP) is 1.77. The molecular weight excluding hydrogens is 220 g/mol. The number of carboxylic acids is 1. The Balaban J connectivity index is 2.15. The average molecular weight is 238 g/mol. The lowest BCUT2D eigenvalue weighted by Crippen LogP contribution is -2.25. The third-order valence-electron chi connectivity index (χ3n) is 3.25. The summed E-state index contributed by atoms with van der Waals surface area (Å²) in [7, 11) is 0. The topological polar surface area (TPSA) is 64.4 Å². The van der Waals surface area contributed by atoms with Crippen LogP contribution in [0.3, 0.4) is 0 Å². The SMILES string of the molecule is Cc1nn(CC2CCCCO2)c(C)c1C(=O)O. The Kier molecular flexibility index (Phi) is 3.47. The van der Waals surface area contributed by atoms with E-state index in [9.17, 15) is 4.79 Å². The van der Waals surface area contributed by atoms with Crippen molar-refractivity contribution >= 4 is 5.97 Å². The molecule has 1 aromatic heterocycles. The van der Waals surface area contributed by atoms with E-state index in [0.717, 1.165) is 19.4 Å². The van der Waals surface area contributed by atoms with Crippen molar-refractivity contribution in [2.75, 3.05) is 6.61 Å². The van der Waals surface area contributed by atoms with Crippen molar-refractivity contribution in [2.45, 2.75) is 45.8 Å². The fourth-order valence-corrected chi connectivity index (χ4v) is 2.33. The number of carbonyl (C=O) groups is 1. The largest absolute Gasteiger partial charge is 0.478 e. The molecular formula is C12H18N2O3. The van der Waals surface area contributed by atoms with Gasteiger partial charge in [0.15, 0.2) is 0 Å². The number of carboxylic acid groups (broad SMARTS) is 1. The van der Waals surface area contributed by atoms with E-state index in [1.165, 1.54) is 6.42 Å². The van der Waals surface area contributed by atoms with Crippen molar-refractivity contribution in [1.82, 2.24) is 9.78 Å². The van der Waals surface area contributed by atoms with Crippen molar-refractivity contribution in [3.8, 4) is 0 Å². The van der Waals surface area contributed by atoms with E-state index in [4.69, 9.17) is 9.84 Å². The van der Waals surface area contributed by atoms with Crippen LogP contribution in [0.4, 0.5) is 0 Å². The van der Waals surface area contributed by atoms with Crippen LogP contribution in [0, 0.1) is 13.8 Å². The molecule has 1 aliphatic heterocycles. The van der Waals surface area contributed by atoms with E-state index in [2.05, 4.69) is 5.10 Å². The molecule has 1 N–H and O–H groups in total. The number of ether oxygens (including phenoxy) is 1. The van der Waals surface area contributed by atoms with E-state index in [1.807, 2.05) is 0 Å². The van der Waals surface area contributed by atoms with Gasteiger partial charge in [-0.25, -0.2) is 4.79 Å². The highest BCUT2D eigenvalue weighted by Crippen LogP contribution is 2.18. The summed E-state index contributed by atoms with van der Waals surface area (Å²) in [6, 6.07) is 0. The molecule has 17 heavy (non-hydrogen) atoms. The molecule has 5 heteroatoms. The maximum atomic E-state index is 11.1. The zero-order chi connectivity index (χ0) is 12.4. The molecule has 1 unspecified atom stereocenters. The van der Waals surface area contributed by atoms with Crippen molar-refractivity contribution in [2.24, 2.45) is 0 Å². The molecule has 0 bridgehead atoms. The van der Waals surface area contributed by atoms with E-state index in [1.54, 1.807) is 18.5 Å². The number of hydrogen-bond acceptors (Lipinski definition) is 3. The van der Waals surface area contributed by atoms with E-state index in [-0.39, 0.29) is 6.10 Å². The molecule has 0 amide bonds. The van der Waals surface area contributed by atoms with Crippen LogP contribution in [-0.4, -0.2) is 33.6 Å². The van der Waals surface area contributed by atoms with Gasteiger partial charge >= 0.3 is 5.97 Å². The minimum atomic E-state index is -0.907. The minimum absolute atomic E-state index is 0.170. The maximum Gasteiger partial charge on any atom is 0.339 e. The predicted molar refractivity (Wildman–Crippen MR) is 62.3 cm³/mol. The minimum Gasteiger partial charge on any atom is -0.478 e. The van der Waals surface area contributed by atoms with Gasteiger partial charge in [0.25, 0.3) is 0 Å². The number of nitrogens with zero attached hydrogens (tertiary/aromatic N) is 2. The number of rotatable bonds is 3. The van der Waals surface area contributed by atoms with Crippen LogP contribution in [-0.2, 0) is 11.3 Å². The highest BCUT2D eigenvalue weighted by atomic mass is 16.5. The second-order valence-electron chi connectivity index (χ2n) is 4.52. The molecule has 2 rings (SSSR count). The summed E-state index contributed by atoms with van der Waals surface area (Å²) in [5.41, 5.74) is 1.61.